The Balaban J connectivity index is 2.45. The fourth-order valence-electron chi connectivity index (χ4n) is 1.75. The first kappa shape index (κ1) is 15.1. The minimum atomic E-state index is -0.714. The normalized spacial score (nSPS) is 10.2. The van der Waals surface area contributed by atoms with Crippen LogP contribution in [-0.2, 0) is 4.74 Å². The van der Waals surface area contributed by atoms with Crippen molar-refractivity contribution in [1.29, 1.82) is 0 Å². The number of hydrogen-bond acceptors (Lipinski definition) is 5. The Kier molecular flexibility index (Phi) is 4.59. The molecule has 0 atom stereocenters. The highest BCUT2D eigenvalue weighted by atomic mass is 35.5. The van der Waals surface area contributed by atoms with Crippen LogP contribution in [0, 0.1) is 0 Å². The minimum absolute atomic E-state index is 0.0247. The molecule has 0 saturated carbocycles. The topological polar surface area (TPSA) is 70.4 Å². The molecule has 0 N–H and O–H groups in total. The maximum Gasteiger partial charge on any atom is 0.358 e. The third kappa shape index (κ3) is 3.22. The second-order valence-electron chi connectivity index (χ2n) is 4.02. The number of rotatable bonds is 5. The van der Waals surface area contributed by atoms with Crippen molar-refractivity contribution < 1.29 is 19.1 Å². The molecule has 0 spiro atoms. The van der Waals surface area contributed by atoms with E-state index in [1.54, 1.807) is 38.3 Å². The van der Waals surface area contributed by atoms with Crippen LogP contribution < -0.4 is 4.74 Å². The largest absolute Gasteiger partial charge is 0.497 e. The number of ether oxygens (including phenoxy) is 2. The fourth-order valence-corrected chi connectivity index (χ4v) is 1.88. The van der Waals surface area contributed by atoms with E-state index < -0.39 is 11.2 Å². The van der Waals surface area contributed by atoms with Crippen LogP contribution in [0.2, 0.25) is 0 Å². The van der Waals surface area contributed by atoms with E-state index in [4.69, 9.17) is 21.1 Å². The maximum atomic E-state index is 11.7. The average molecular weight is 309 g/mol. The lowest BCUT2D eigenvalue weighted by Gasteiger charge is -2.05. The lowest BCUT2D eigenvalue weighted by Crippen LogP contribution is -2.07. The molecule has 0 aliphatic rings. The number of aromatic nitrogens is 2. The maximum absolute atomic E-state index is 11.7. The predicted octanol–water partition coefficient (Wildman–Crippen LogP) is 2.44. The quantitative estimate of drug-likeness (QED) is 0.626. The molecule has 0 radical (unpaired) electrons. The van der Waals surface area contributed by atoms with Gasteiger partial charge >= 0.3 is 5.97 Å². The number of nitrogens with zero attached hydrogens (tertiary/aromatic N) is 2. The molecule has 2 aromatic rings. The summed E-state index contributed by atoms with van der Waals surface area (Å²) < 4.78 is 11.2. The van der Waals surface area contributed by atoms with Gasteiger partial charge in [0.25, 0.3) is 5.24 Å². The Morgan fingerprint density at radius 3 is 2.48 bits per heavy atom. The highest BCUT2D eigenvalue weighted by Gasteiger charge is 2.19. The summed E-state index contributed by atoms with van der Waals surface area (Å²) in [5.74, 6) is 0.0548. The molecular weight excluding hydrogens is 296 g/mol. The van der Waals surface area contributed by atoms with Crippen molar-refractivity contribution in [2.75, 3.05) is 13.7 Å². The second-order valence-corrected chi connectivity index (χ2v) is 4.36. The molecule has 1 aromatic heterocycles. The van der Waals surface area contributed by atoms with E-state index in [2.05, 4.69) is 5.10 Å². The van der Waals surface area contributed by atoms with E-state index in [1.807, 2.05) is 0 Å². The average Bonchev–Trinajstić information content (AvgIpc) is 2.93. The second kappa shape index (κ2) is 6.41. The Bertz CT molecular complexity index is 664. The Hall–Kier alpha value is -2.34. The molecule has 2 rings (SSSR count). The van der Waals surface area contributed by atoms with Crippen LogP contribution >= 0.6 is 11.6 Å². The lowest BCUT2D eigenvalue weighted by molar-refractivity contribution is 0.0519. The summed E-state index contributed by atoms with van der Waals surface area (Å²) in [6.45, 7) is 1.91. The van der Waals surface area contributed by atoms with Gasteiger partial charge in [0.15, 0.2) is 5.69 Å². The highest BCUT2D eigenvalue weighted by Crippen LogP contribution is 2.18. The molecule has 7 heteroatoms. The number of carbonyl (C=O) groups is 2. The summed E-state index contributed by atoms with van der Waals surface area (Å²) in [5, 5.41) is 3.36. The third-order valence-electron chi connectivity index (χ3n) is 2.71. The van der Waals surface area contributed by atoms with Gasteiger partial charge in [-0.25, -0.2) is 9.48 Å². The third-order valence-corrected chi connectivity index (χ3v) is 2.91. The van der Waals surface area contributed by atoms with Gasteiger partial charge in [-0.1, -0.05) is 0 Å². The van der Waals surface area contributed by atoms with E-state index in [1.165, 1.54) is 10.7 Å². The molecule has 1 aromatic carbocycles. The first-order valence-corrected chi connectivity index (χ1v) is 6.56. The van der Waals surface area contributed by atoms with Gasteiger partial charge < -0.3 is 9.47 Å². The lowest BCUT2D eigenvalue weighted by atomic mass is 10.3. The van der Waals surface area contributed by atoms with E-state index in [-0.39, 0.29) is 18.0 Å². The van der Waals surface area contributed by atoms with E-state index in [0.29, 0.717) is 11.4 Å². The molecule has 0 fully saturated rings. The summed E-state index contributed by atoms with van der Waals surface area (Å²) in [7, 11) is 1.55. The first-order valence-electron chi connectivity index (χ1n) is 6.18. The zero-order valence-corrected chi connectivity index (χ0v) is 12.3. The molecule has 1 heterocycles. The summed E-state index contributed by atoms with van der Waals surface area (Å²) >= 11 is 5.54. The number of halogens is 1. The molecule has 110 valence electrons. The number of hydrogen-bond donors (Lipinski definition) is 0. The van der Waals surface area contributed by atoms with Crippen molar-refractivity contribution in [3.8, 4) is 11.4 Å². The van der Waals surface area contributed by atoms with Crippen LogP contribution in [0.15, 0.2) is 30.3 Å². The predicted molar refractivity (Wildman–Crippen MR) is 76.3 cm³/mol. The van der Waals surface area contributed by atoms with Gasteiger partial charge in [-0.05, 0) is 42.8 Å². The summed E-state index contributed by atoms with van der Waals surface area (Å²) in [5.41, 5.74) is 0.692. The fraction of sp³-hybridized carbons (Fsp3) is 0.214. The van der Waals surface area contributed by atoms with Crippen LogP contribution in [0.5, 0.6) is 5.75 Å². The Labute approximate surface area is 126 Å². The number of esters is 1. The molecule has 0 aliphatic carbocycles. The SMILES string of the molecule is CCOC(=O)c1cc(C(=O)Cl)n(-c2ccc(OC)cc2)n1. The zero-order valence-electron chi connectivity index (χ0n) is 11.5. The number of benzene rings is 1. The smallest absolute Gasteiger partial charge is 0.358 e. The summed E-state index contributed by atoms with van der Waals surface area (Å²) in [4.78, 5) is 23.2. The Morgan fingerprint density at radius 2 is 1.95 bits per heavy atom. The van der Waals surface area contributed by atoms with E-state index in [9.17, 15) is 9.59 Å². The molecule has 0 amide bonds. The standard InChI is InChI=1S/C14H13ClN2O4/c1-3-21-14(19)11-8-12(13(15)18)17(16-11)9-4-6-10(20-2)7-5-9/h4-8H,3H2,1-2H3. The van der Waals surface area contributed by atoms with Gasteiger partial charge in [-0.2, -0.15) is 5.10 Å². The molecule has 0 aliphatic heterocycles. The highest BCUT2D eigenvalue weighted by molar-refractivity contribution is 6.67. The van der Waals surface area contributed by atoms with E-state index in [0.717, 1.165) is 0 Å². The van der Waals surface area contributed by atoms with Gasteiger partial charge in [0.1, 0.15) is 11.4 Å². The van der Waals surface area contributed by atoms with Gasteiger partial charge in [0.05, 0.1) is 19.4 Å². The molecular formula is C14H13ClN2O4. The van der Waals surface area contributed by atoms with Gasteiger partial charge in [0.2, 0.25) is 0 Å². The molecule has 0 saturated heterocycles. The van der Waals surface area contributed by atoms with Crippen LogP contribution in [0.4, 0.5) is 0 Å². The number of carbonyl (C=O) groups excluding carboxylic acids is 2. The number of methoxy groups -OCH3 is 1. The van der Waals surface area contributed by atoms with Crippen LogP contribution in [-0.4, -0.2) is 34.7 Å². The Morgan fingerprint density at radius 1 is 1.29 bits per heavy atom. The first-order chi connectivity index (χ1) is 10.1. The van der Waals surface area contributed by atoms with Crippen molar-refractivity contribution in [3.63, 3.8) is 0 Å². The van der Waals surface area contributed by atoms with Crippen molar-refractivity contribution in [2.24, 2.45) is 0 Å². The van der Waals surface area contributed by atoms with Gasteiger partial charge in [-0.15, -0.1) is 0 Å². The monoisotopic (exact) mass is 308 g/mol. The van der Waals surface area contributed by atoms with Gasteiger partial charge in [0, 0.05) is 6.07 Å². The van der Waals surface area contributed by atoms with Crippen molar-refractivity contribution >= 4 is 22.8 Å². The molecule has 0 unspecified atom stereocenters. The zero-order chi connectivity index (χ0) is 15.4. The van der Waals surface area contributed by atoms with Crippen molar-refractivity contribution in [1.82, 2.24) is 9.78 Å². The van der Waals surface area contributed by atoms with Gasteiger partial charge in [-0.3, -0.25) is 4.79 Å². The van der Waals surface area contributed by atoms with Crippen LogP contribution in [0.1, 0.15) is 27.9 Å². The molecule has 6 nitrogen and oxygen atoms in total. The minimum Gasteiger partial charge on any atom is -0.497 e. The van der Waals surface area contributed by atoms with Crippen molar-refractivity contribution in [3.05, 3.63) is 41.7 Å². The molecule has 21 heavy (non-hydrogen) atoms. The van der Waals surface area contributed by atoms with Crippen LogP contribution in [0.3, 0.4) is 0 Å². The van der Waals surface area contributed by atoms with Crippen LogP contribution in [0.25, 0.3) is 5.69 Å². The van der Waals surface area contributed by atoms with E-state index >= 15 is 0 Å². The molecule has 0 bridgehead atoms. The van der Waals surface area contributed by atoms with Crippen molar-refractivity contribution in [2.45, 2.75) is 6.92 Å². The summed E-state index contributed by atoms with van der Waals surface area (Å²) in [6, 6.07) is 8.12. The summed E-state index contributed by atoms with van der Waals surface area (Å²) in [6.07, 6.45) is 0.